The Kier molecular flexibility index (Phi) is 4.86. The van der Waals surface area contributed by atoms with Crippen LogP contribution in [0.15, 0.2) is 24.5 Å². The van der Waals surface area contributed by atoms with Crippen molar-refractivity contribution in [1.29, 1.82) is 0 Å². The first-order chi connectivity index (χ1) is 6.33. The van der Waals surface area contributed by atoms with Crippen LogP contribution in [0.5, 0.6) is 0 Å². The zero-order chi connectivity index (χ0) is 9.52. The van der Waals surface area contributed by atoms with Crippen molar-refractivity contribution >= 4 is 12.6 Å². The molecule has 72 valence electrons. The summed E-state index contributed by atoms with van der Waals surface area (Å²) in [6, 6.07) is 4.08. The van der Waals surface area contributed by atoms with Crippen molar-refractivity contribution in [2.24, 2.45) is 0 Å². The minimum atomic E-state index is 0.956. The number of aromatic nitrogens is 1. The van der Waals surface area contributed by atoms with Gasteiger partial charge in [-0.3, -0.25) is 4.98 Å². The summed E-state index contributed by atoms with van der Waals surface area (Å²) in [5, 5.41) is 0. The molecule has 0 aromatic carbocycles. The van der Waals surface area contributed by atoms with Crippen molar-refractivity contribution in [2.45, 2.75) is 13.0 Å². The molecule has 0 aliphatic heterocycles. The third-order valence-electron chi connectivity index (χ3n) is 1.87. The van der Waals surface area contributed by atoms with E-state index in [1.165, 1.54) is 5.56 Å². The highest BCUT2D eigenvalue weighted by Gasteiger charge is 1.98. The Bertz CT molecular complexity index is 226. The topological polar surface area (TPSA) is 16.1 Å². The van der Waals surface area contributed by atoms with Gasteiger partial charge in [0.15, 0.2) is 0 Å². The van der Waals surface area contributed by atoms with E-state index in [1.807, 2.05) is 12.3 Å². The summed E-state index contributed by atoms with van der Waals surface area (Å²) in [6.07, 6.45) is 4.86. The van der Waals surface area contributed by atoms with Crippen LogP contribution in [0.1, 0.15) is 12.0 Å². The summed E-state index contributed by atoms with van der Waals surface area (Å²) in [6.45, 7) is 2.07. The zero-order valence-electron chi connectivity index (χ0n) is 7.98. The van der Waals surface area contributed by atoms with E-state index in [4.69, 9.17) is 0 Å². The average Bonchev–Trinajstić information content (AvgIpc) is 2.16. The molecular formula is C10H16N2S. The number of hydrogen-bond acceptors (Lipinski definition) is 3. The van der Waals surface area contributed by atoms with Crippen LogP contribution in [-0.2, 0) is 6.54 Å². The third-order valence-corrected chi connectivity index (χ3v) is 2.19. The van der Waals surface area contributed by atoms with Crippen LogP contribution in [0.4, 0.5) is 0 Å². The molecule has 1 rings (SSSR count). The Labute approximate surface area is 85.4 Å². The van der Waals surface area contributed by atoms with Crippen molar-refractivity contribution < 1.29 is 0 Å². The van der Waals surface area contributed by atoms with E-state index >= 15 is 0 Å². The van der Waals surface area contributed by atoms with Gasteiger partial charge in [-0.1, -0.05) is 6.07 Å². The Balaban J connectivity index is 2.32. The van der Waals surface area contributed by atoms with Gasteiger partial charge in [-0.05, 0) is 37.4 Å². The lowest BCUT2D eigenvalue weighted by atomic mass is 10.2. The maximum absolute atomic E-state index is 4.18. The lowest BCUT2D eigenvalue weighted by Crippen LogP contribution is -2.19. The van der Waals surface area contributed by atoms with Crippen LogP contribution >= 0.6 is 12.6 Å². The SMILES string of the molecule is CN(CCCS)Cc1cccnc1. The Morgan fingerprint density at radius 2 is 2.38 bits per heavy atom. The summed E-state index contributed by atoms with van der Waals surface area (Å²) in [7, 11) is 2.12. The molecule has 0 fully saturated rings. The van der Waals surface area contributed by atoms with Crippen LogP contribution in [0, 0.1) is 0 Å². The molecule has 3 heteroatoms. The van der Waals surface area contributed by atoms with E-state index in [2.05, 4.69) is 35.6 Å². The van der Waals surface area contributed by atoms with Gasteiger partial charge in [-0.25, -0.2) is 0 Å². The van der Waals surface area contributed by atoms with Gasteiger partial charge in [-0.2, -0.15) is 12.6 Å². The molecule has 0 radical (unpaired) electrons. The van der Waals surface area contributed by atoms with E-state index in [0.717, 1.165) is 25.3 Å². The number of pyridine rings is 1. The normalized spacial score (nSPS) is 10.7. The Hall–Kier alpha value is -0.540. The van der Waals surface area contributed by atoms with Crippen molar-refractivity contribution in [3.8, 4) is 0 Å². The van der Waals surface area contributed by atoms with Crippen LogP contribution in [0.2, 0.25) is 0 Å². The van der Waals surface area contributed by atoms with Crippen LogP contribution < -0.4 is 0 Å². The number of rotatable bonds is 5. The molecule has 0 saturated carbocycles. The first kappa shape index (κ1) is 10.5. The second-order valence-corrected chi connectivity index (χ2v) is 3.62. The molecule has 0 aliphatic carbocycles. The highest BCUT2D eigenvalue weighted by atomic mass is 32.1. The molecule has 0 unspecified atom stereocenters. The predicted molar refractivity (Wildman–Crippen MR) is 59.0 cm³/mol. The Morgan fingerprint density at radius 1 is 1.54 bits per heavy atom. The Morgan fingerprint density at radius 3 is 3.00 bits per heavy atom. The molecule has 1 aromatic heterocycles. The summed E-state index contributed by atoms with van der Waals surface area (Å²) in [5.41, 5.74) is 1.27. The molecule has 1 heterocycles. The highest BCUT2D eigenvalue weighted by molar-refractivity contribution is 7.80. The maximum atomic E-state index is 4.18. The number of thiol groups is 1. The van der Waals surface area contributed by atoms with Gasteiger partial charge in [-0.15, -0.1) is 0 Å². The van der Waals surface area contributed by atoms with E-state index in [0.29, 0.717) is 0 Å². The molecule has 0 saturated heterocycles. The summed E-state index contributed by atoms with van der Waals surface area (Å²) < 4.78 is 0. The maximum Gasteiger partial charge on any atom is 0.0312 e. The second-order valence-electron chi connectivity index (χ2n) is 3.18. The smallest absolute Gasteiger partial charge is 0.0312 e. The lowest BCUT2D eigenvalue weighted by Gasteiger charge is -2.15. The monoisotopic (exact) mass is 196 g/mol. The van der Waals surface area contributed by atoms with E-state index < -0.39 is 0 Å². The van der Waals surface area contributed by atoms with Crippen LogP contribution in [0.25, 0.3) is 0 Å². The van der Waals surface area contributed by atoms with E-state index in [9.17, 15) is 0 Å². The van der Waals surface area contributed by atoms with E-state index in [-0.39, 0.29) is 0 Å². The number of nitrogens with zero attached hydrogens (tertiary/aromatic N) is 2. The van der Waals surface area contributed by atoms with Gasteiger partial charge in [0.25, 0.3) is 0 Å². The average molecular weight is 196 g/mol. The molecule has 0 amide bonds. The fourth-order valence-electron chi connectivity index (χ4n) is 1.22. The fourth-order valence-corrected chi connectivity index (χ4v) is 1.36. The minimum absolute atomic E-state index is 0.956. The highest BCUT2D eigenvalue weighted by Crippen LogP contribution is 2.01. The van der Waals surface area contributed by atoms with Gasteiger partial charge in [0.1, 0.15) is 0 Å². The zero-order valence-corrected chi connectivity index (χ0v) is 8.87. The fraction of sp³-hybridized carbons (Fsp3) is 0.500. The molecule has 0 spiro atoms. The molecule has 13 heavy (non-hydrogen) atoms. The standard InChI is InChI=1S/C10H16N2S/c1-12(6-3-7-13)9-10-4-2-5-11-8-10/h2,4-5,8,13H,3,6-7,9H2,1H3. The largest absolute Gasteiger partial charge is 0.302 e. The van der Waals surface area contributed by atoms with Gasteiger partial charge in [0.05, 0.1) is 0 Å². The molecule has 1 aromatic rings. The first-order valence-electron chi connectivity index (χ1n) is 4.51. The van der Waals surface area contributed by atoms with Gasteiger partial charge in [0.2, 0.25) is 0 Å². The van der Waals surface area contributed by atoms with Crippen molar-refractivity contribution in [1.82, 2.24) is 9.88 Å². The first-order valence-corrected chi connectivity index (χ1v) is 5.14. The van der Waals surface area contributed by atoms with Crippen LogP contribution in [-0.4, -0.2) is 29.2 Å². The quantitative estimate of drug-likeness (QED) is 0.723. The molecule has 0 atom stereocenters. The second kappa shape index (κ2) is 6.00. The summed E-state index contributed by atoms with van der Waals surface area (Å²) in [4.78, 5) is 6.36. The van der Waals surface area contributed by atoms with Crippen molar-refractivity contribution in [3.63, 3.8) is 0 Å². The third kappa shape index (κ3) is 4.29. The molecule has 0 bridgehead atoms. The predicted octanol–water partition coefficient (Wildman–Crippen LogP) is 1.83. The van der Waals surface area contributed by atoms with Gasteiger partial charge < -0.3 is 4.90 Å². The summed E-state index contributed by atoms with van der Waals surface area (Å²) in [5.74, 6) is 0.956. The van der Waals surface area contributed by atoms with Crippen molar-refractivity contribution in [2.75, 3.05) is 19.3 Å². The van der Waals surface area contributed by atoms with Crippen molar-refractivity contribution in [3.05, 3.63) is 30.1 Å². The van der Waals surface area contributed by atoms with E-state index in [1.54, 1.807) is 6.20 Å². The molecule has 0 aliphatic rings. The van der Waals surface area contributed by atoms with Crippen LogP contribution in [0.3, 0.4) is 0 Å². The van der Waals surface area contributed by atoms with Gasteiger partial charge in [0, 0.05) is 18.9 Å². The van der Waals surface area contributed by atoms with Gasteiger partial charge >= 0.3 is 0 Å². The molecular weight excluding hydrogens is 180 g/mol. The number of hydrogen-bond donors (Lipinski definition) is 1. The molecule has 2 nitrogen and oxygen atoms in total. The summed E-state index contributed by atoms with van der Waals surface area (Å²) >= 11 is 4.18. The lowest BCUT2D eigenvalue weighted by molar-refractivity contribution is 0.328. The molecule has 0 N–H and O–H groups in total. The minimum Gasteiger partial charge on any atom is -0.302 e.